The zero-order valence-electron chi connectivity index (χ0n) is 11.7. The Kier molecular flexibility index (Phi) is 3.44. The number of aromatic nitrogens is 2. The summed E-state index contributed by atoms with van der Waals surface area (Å²) in [6.45, 7) is 2.13. The zero-order chi connectivity index (χ0) is 14.8. The van der Waals surface area contributed by atoms with Gasteiger partial charge in [-0.25, -0.2) is 9.78 Å². The molecule has 2 aromatic carbocycles. The first-order valence-corrected chi connectivity index (χ1v) is 6.95. The van der Waals surface area contributed by atoms with Crippen LogP contribution >= 0.6 is 0 Å². The topological polar surface area (TPSA) is 55.1 Å². The lowest BCUT2D eigenvalue weighted by Crippen LogP contribution is -2.08. The third-order valence-corrected chi connectivity index (χ3v) is 3.73. The fourth-order valence-electron chi connectivity index (χ4n) is 2.68. The summed E-state index contributed by atoms with van der Waals surface area (Å²) in [5.74, 6) is -0.929. The number of fused-ring (bicyclic) bond motifs is 1. The molecule has 1 atom stereocenters. The first-order chi connectivity index (χ1) is 10.2. The molecular weight excluding hydrogens is 264 g/mol. The Morgan fingerprint density at radius 3 is 2.67 bits per heavy atom. The second kappa shape index (κ2) is 5.40. The van der Waals surface area contributed by atoms with Crippen LogP contribution in [0.25, 0.3) is 11.0 Å². The number of carboxylic acid groups (broad SMARTS) is 1. The Morgan fingerprint density at radius 1 is 1.24 bits per heavy atom. The van der Waals surface area contributed by atoms with Crippen molar-refractivity contribution < 1.29 is 9.90 Å². The predicted molar refractivity (Wildman–Crippen MR) is 81.6 cm³/mol. The van der Waals surface area contributed by atoms with E-state index in [-0.39, 0.29) is 11.6 Å². The molecule has 0 saturated carbocycles. The third kappa shape index (κ3) is 2.40. The maximum atomic E-state index is 11.0. The van der Waals surface area contributed by atoms with Crippen molar-refractivity contribution in [1.29, 1.82) is 0 Å². The molecule has 0 spiro atoms. The van der Waals surface area contributed by atoms with E-state index in [1.807, 2.05) is 24.3 Å². The van der Waals surface area contributed by atoms with Gasteiger partial charge in [0.2, 0.25) is 0 Å². The predicted octanol–water partition coefficient (Wildman–Crippen LogP) is 3.73. The molecular formula is C17H16N2O2. The minimum Gasteiger partial charge on any atom is -0.478 e. The largest absolute Gasteiger partial charge is 0.478 e. The van der Waals surface area contributed by atoms with Gasteiger partial charge in [-0.15, -0.1) is 0 Å². The van der Waals surface area contributed by atoms with Crippen LogP contribution in [0, 0.1) is 0 Å². The number of benzene rings is 2. The molecule has 3 aromatic rings. The van der Waals surface area contributed by atoms with Gasteiger partial charge in [0.15, 0.2) is 0 Å². The van der Waals surface area contributed by atoms with Gasteiger partial charge < -0.3 is 9.67 Å². The summed E-state index contributed by atoms with van der Waals surface area (Å²) in [6.07, 6.45) is 2.73. The van der Waals surface area contributed by atoms with Crippen LogP contribution in [0.2, 0.25) is 0 Å². The average Bonchev–Trinajstić information content (AvgIpc) is 2.92. The summed E-state index contributed by atoms with van der Waals surface area (Å²) in [6, 6.07) is 15.5. The summed E-state index contributed by atoms with van der Waals surface area (Å²) < 4.78 is 2.11. The lowest BCUT2D eigenvalue weighted by molar-refractivity contribution is 0.0697. The fourth-order valence-corrected chi connectivity index (χ4v) is 2.68. The maximum absolute atomic E-state index is 11.0. The Morgan fingerprint density at radius 2 is 2.00 bits per heavy atom. The van der Waals surface area contributed by atoms with Gasteiger partial charge in [-0.05, 0) is 30.2 Å². The molecule has 0 fully saturated rings. The first-order valence-electron chi connectivity index (χ1n) is 6.95. The number of aromatic carboxylic acids is 1. The molecule has 1 aromatic heterocycles. The Bertz CT molecular complexity index is 778. The number of carbonyl (C=O) groups is 1. The van der Waals surface area contributed by atoms with Crippen molar-refractivity contribution in [1.82, 2.24) is 9.55 Å². The van der Waals surface area contributed by atoms with Crippen LogP contribution in [0.4, 0.5) is 0 Å². The molecule has 0 aliphatic heterocycles. The summed E-state index contributed by atoms with van der Waals surface area (Å²) >= 11 is 0. The van der Waals surface area contributed by atoms with Crippen molar-refractivity contribution in [2.75, 3.05) is 0 Å². The lowest BCUT2D eigenvalue weighted by Gasteiger charge is -2.18. The van der Waals surface area contributed by atoms with Crippen LogP contribution in [0.15, 0.2) is 54.9 Å². The van der Waals surface area contributed by atoms with Gasteiger partial charge in [0.05, 0.1) is 29.0 Å². The lowest BCUT2D eigenvalue weighted by atomic mass is 10.0. The Balaban J connectivity index is 2.09. The van der Waals surface area contributed by atoms with E-state index in [0.29, 0.717) is 5.52 Å². The van der Waals surface area contributed by atoms with Crippen molar-refractivity contribution in [2.24, 2.45) is 0 Å². The van der Waals surface area contributed by atoms with E-state index in [1.54, 1.807) is 18.5 Å². The Labute approximate surface area is 122 Å². The van der Waals surface area contributed by atoms with Gasteiger partial charge in [-0.1, -0.05) is 37.3 Å². The number of rotatable bonds is 4. The highest BCUT2D eigenvalue weighted by Gasteiger charge is 2.15. The van der Waals surface area contributed by atoms with Crippen LogP contribution in [-0.2, 0) is 0 Å². The number of imidazole rings is 1. The zero-order valence-corrected chi connectivity index (χ0v) is 11.7. The molecule has 1 N–H and O–H groups in total. The van der Waals surface area contributed by atoms with E-state index in [2.05, 4.69) is 28.6 Å². The highest BCUT2D eigenvalue weighted by Crippen LogP contribution is 2.26. The minimum absolute atomic E-state index is 0.201. The summed E-state index contributed by atoms with van der Waals surface area (Å²) in [4.78, 5) is 15.4. The minimum atomic E-state index is -0.929. The molecule has 106 valence electrons. The molecule has 0 bridgehead atoms. The van der Waals surface area contributed by atoms with E-state index < -0.39 is 5.97 Å². The molecule has 0 radical (unpaired) electrons. The normalized spacial score (nSPS) is 12.4. The average molecular weight is 280 g/mol. The monoisotopic (exact) mass is 280 g/mol. The molecule has 0 amide bonds. The van der Waals surface area contributed by atoms with E-state index >= 15 is 0 Å². The quantitative estimate of drug-likeness (QED) is 0.792. The molecule has 3 rings (SSSR count). The fraction of sp³-hybridized carbons (Fsp3) is 0.176. The van der Waals surface area contributed by atoms with Crippen LogP contribution < -0.4 is 0 Å². The van der Waals surface area contributed by atoms with Crippen LogP contribution in [0.1, 0.15) is 35.3 Å². The maximum Gasteiger partial charge on any atom is 0.335 e. The van der Waals surface area contributed by atoms with Gasteiger partial charge in [-0.3, -0.25) is 0 Å². The van der Waals surface area contributed by atoms with Crippen molar-refractivity contribution in [2.45, 2.75) is 19.4 Å². The number of carboxylic acids is 1. The van der Waals surface area contributed by atoms with Crippen molar-refractivity contribution >= 4 is 17.0 Å². The van der Waals surface area contributed by atoms with Gasteiger partial charge >= 0.3 is 5.97 Å². The van der Waals surface area contributed by atoms with Crippen LogP contribution in [0.5, 0.6) is 0 Å². The summed E-state index contributed by atoms with van der Waals surface area (Å²) in [7, 11) is 0. The van der Waals surface area contributed by atoms with E-state index in [1.165, 1.54) is 5.56 Å². The summed E-state index contributed by atoms with van der Waals surface area (Å²) in [5.41, 5.74) is 3.15. The van der Waals surface area contributed by atoms with Gasteiger partial charge in [0.1, 0.15) is 0 Å². The molecule has 4 heteroatoms. The second-order valence-electron chi connectivity index (χ2n) is 5.00. The molecule has 1 heterocycles. The molecule has 0 aliphatic carbocycles. The number of hydrogen-bond acceptors (Lipinski definition) is 2. The van der Waals surface area contributed by atoms with Crippen molar-refractivity contribution in [3.63, 3.8) is 0 Å². The summed E-state index contributed by atoms with van der Waals surface area (Å²) in [5, 5.41) is 9.05. The van der Waals surface area contributed by atoms with Gasteiger partial charge in [0, 0.05) is 0 Å². The smallest absolute Gasteiger partial charge is 0.335 e. The van der Waals surface area contributed by atoms with Crippen LogP contribution in [0.3, 0.4) is 0 Å². The highest BCUT2D eigenvalue weighted by molar-refractivity contribution is 5.92. The SMILES string of the molecule is CCC(c1ccccc1)n1cnc2cc(C(=O)O)ccc21. The van der Waals surface area contributed by atoms with E-state index in [4.69, 9.17) is 5.11 Å². The molecule has 1 unspecified atom stereocenters. The van der Waals surface area contributed by atoms with E-state index in [9.17, 15) is 4.79 Å². The first kappa shape index (κ1) is 13.4. The third-order valence-electron chi connectivity index (χ3n) is 3.73. The van der Waals surface area contributed by atoms with E-state index in [0.717, 1.165) is 11.9 Å². The molecule has 21 heavy (non-hydrogen) atoms. The molecule has 0 saturated heterocycles. The number of hydrogen-bond donors (Lipinski definition) is 1. The number of nitrogens with zero attached hydrogens (tertiary/aromatic N) is 2. The molecule has 0 aliphatic rings. The van der Waals surface area contributed by atoms with Crippen molar-refractivity contribution in [3.05, 3.63) is 66.0 Å². The van der Waals surface area contributed by atoms with Gasteiger partial charge in [-0.2, -0.15) is 0 Å². The Hall–Kier alpha value is -2.62. The van der Waals surface area contributed by atoms with Crippen LogP contribution in [-0.4, -0.2) is 20.6 Å². The standard InChI is InChI=1S/C17H16N2O2/c1-2-15(12-6-4-3-5-7-12)19-11-18-14-10-13(17(20)21)8-9-16(14)19/h3-11,15H,2H2,1H3,(H,20,21). The highest BCUT2D eigenvalue weighted by atomic mass is 16.4. The van der Waals surface area contributed by atoms with Crippen molar-refractivity contribution in [3.8, 4) is 0 Å². The second-order valence-corrected chi connectivity index (χ2v) is 5.00. The van der Waals surface area contributed by atoms with Gasteiger partial charge in [0.25, 0.3) is 0 Å². The molecule has 4 nitrogen and oxygen atoms in total.